The molecule has 0 bridgehead atoms. The second kappa shape index (κ2) is 6.54. The first-order chi connectivity index (χ1) is 11.1. The van der Waals surface area contributed by atoms with Gasteiger partial charge in [-0.15, -0.1) is 0 Å². The lowest BCUT2D eigenvalue weighted by atomic mass is 9.95. The molecule has 0 saturated heterocycles. The number of alkyl halides is 3. The molecule has 1 aromatic carbocycles. The molecule has 130 valence electrons. The van der Waals surface area contributed by atoms with Gasteiger partial charge in [0.2, 0.25) is 0 Å². The van der Waals surface area contributed by atoms with Crippen LogP contribution in [-0.2, 0) is 15.7 Å². The minimum absolute atomic E-state index is 0.156. The van der Waals surface area contributed by atoms with Crippen LogP contribution in [0.25, 0.3) is 0 Å². The topological polar surface area (TPSA) is 67.4 Å². The summed E-state index contributed by atoms with van der Waals surface area (Å²) in [4.78, 5) is 24.0. The fourth-order valence-corrected chi connectivity index (χ4v) is 2.36. The summed E-state index contributed by atoms with van der Waals surface area (Å²) in [7, 11) is 0. The van der Waals surface area contributed by atoms with Gasteiger partial charge in [-0.1, -0.05) is 12.1 Å². The van der Waals surface area contributed by atoms with E-state index in [-0.39, 0.29) is 11.7 Å². The number of urea groups is 1. The van der Waals surface area contributed by atoms with E-state index in [1.54, 1.807) is 13.8 Å². The van der Waals surface area contributed by atoms with Gasteiger partial charge in [-0.25, -0.2) is 9.59 Å². The van der Waals surface area contributed by atoms with Crippen LogP contribution < -0.4 is 10.6 Å². The second-order valence-electron chi connectivity index (χ2n) is 5.64. The molecule has 1 unspecified atom stereocenters. The highest BCUT2D eigenvalue weighted by Gasteiger charge is 2.34. The molecule has 0 aliphatic carbocycles. The van der Waals surface area contributed by atoms with E-state index in [4.69, 9.17) is 4.74 Å². The number of amides is 2. The Bertz CT molecular complexity index is 679. The Kier molecular flexibility index (Phi) is 4.86. The van der Waals surface area contributed by atoms with Gasteiger partial charge < -0.3 is 15.4 Å². The van der Waals surface area contributed by atoms with Crippen molar-refractivity contribution in [2.75, 3.05) is 0 Å². The number of benzene rings is 1. The lowest BCUT2D eigenvalue weighted by molar-refractivity contribution is -0.143. The van der Waals surface area contributed by atoms with Gasteiger partial charge in [-0.3, -0.25) is 0 Å². The fraction of sp³-hybridized carbons (Fsp3) is 0.375. The standard InChI is InChI=1S/C16H17F3N2O3/c1-8(2)24-14(22)12-9(3)20-15(23)21-13(12)10-4-6-11(7-5-10)16(17,18)19/h4-8,13H,1-3H3,(H2,20,21,23). The zero-order valence-electron chi connectivity index (χ0n) is 13.3. The summed E-state index contributed by atoms with van der Waals surface area (Å²) in [6.07, 6.45) is -4.83. The molecular weight excluding hydrogens is 325 g/mol. The quantitative estimate of drug-likeness (QED) is 0.829. The summed E-state index contributed by atoms with van der Waals surface area (Å²) in [5.74, 6) is -0.639. The van der Waals surface area contributed by atoms with Crippen LogP contribution in [0, 0.1) is 0 Å². The van der Waals surface area contributed by atoms with Crippen molar-refractivity contribution in [3.63, 3.8) is 0 Å². The number of ether oxygens (including phenoxy) is 1. The monoisotopic (exact) mass is 342 g/mol. The molecule has 5 nitrogen and oxygen atoms in total. The maximum absolute atomic E-state index is 12.7. The van der Waals surface area contributed by atoms with Gasteiger partial charge in [0.1, 0.15) is 0 Å². The van der Waals surface area contributed by atoms with Crippen molar-refractivity contribution in [2.45, 2.75) is 39.1 Å². The van der Waals surface area contributed by atoms with E-state index < -0.39 is 29.8 Å². The highest BCUT2D eigenvalue weighted by molar-refractivity contribution is 5.95. The molecule has 8 heteroatoms. The van der Waals surface area contributed by atoms with Crippen LogP contribution in [0.3, 0.4) is 0 Å². The van der Waals surface area contributed by atoms with Crippen molar-refractivity contribution < 1.29 is 27.5 Å². The number of esters is 1. The SMILES string of the molecule is CC1=C(C(=O)OC(C)C)C(c2ccc(C(F)(F)F)cc2)NC(=O)N1. The molecule has 1 aliphatic rings. The summed E-state index contributed by atoms with van der Waals surface area (Å²) in [5.41, 5.74) is 0.00350. The molecular formula is C16H17F3N2O3. The largest absolute Gasteiger partial charge is 0.459 e. The Hall–Kier alpha value is -2.51. The van der Waals surface area contributed by atoms with Crippen molar-refractivity contribution in [1.29, 1.82) is 0 Å². The lowest BCUT2D eigenvalue weighted by Crippen LogP contribution is -2.45. The summed E-state index contributed by atoms with van der Waals surface area (Å²) in [5, 5.41) is 5.00. The fourth-order valence-electron chi connectivity index (χ4n) is 2.36. The van der Waals surface area contributed by atoms with Crippen LogP contribution in [0.2, 0.25) is 0 Å². The van der Waals surface area contributed by atoms with Crippen LogP contribution in [0.1, 0.15) is 37.9 Å². The van der Waals surface area contributed by atoms with Gasteiger partial charge in [-0.2, -0.15) is 13.2 Å². The molecule has 2 N–H and O–H groups in total. The van der Waals surface area contributed by atoms with Gasteiger partial charge in [0, 0.05) is 5.70 Å². The molecule has 24 heavy (non-hydrogen) atoms. The Balaban J connectivity index is 2.39. The van der Waals surface area contributed by atoms with Gasteiger partial charge in [0.15, 0.2) is 0 Å². The van der Waals surface area contributed by atoms with E-state index in [1.807, 2.05) is 0 Å². The molecule has 1 heterocycles. The van der Waals surface area contributed by atoms with Gasteiger partial charge in [0.05, 0.1) is 23.3 Å². The number of hydrogen-bond donors (Lipinski definition) is 2. The van der Waals surface area contributed by atoms with Crippen molar-refractivity contribution >= 4 is 12.0 Å². The zero-order valence-corrected chi connectivity index (χ0v) is 13.3. The molecule has 0 radical (unpaired) electrons. The van der Waals surface area contributed by atoms with Gasteiger partial charge >= 0.3 is 18.2 Å². The minimum Gasteiger partial charge on any atom is -0.459 e. The maximum atomic E-state index is 12.7. The van der Waals surface area contributed by atoms with Crippen LogP contribution in [0.4, 0.5) is 18.0 Å². The molecule has 0 aromatic heterocycles. The van der Waals surface area contributed by atoms with Crippen molar-refractivity contribution in [3.05, 3.63) is 46.7 Å². The number of allylic oxidation sites excluding steroid dienone is 1. The summed E-state index contributed by atoms with van der Waals surface area (Å²) < 4.78 is 43.2. The molecule has 1 aliphatic heterocycles. The van der Waals surface area contributed by atoms with Crippen LogP contribution in [0.5, 0.6) is 0 Å². The lowest BCUT2D eigenvalue weighted by Gasteiger charge is -2.28. The minimum atomic E-state index is -4.46. The highest BCUT2D eigenvalue weighted by Crippen LogP contribution is 2.32. The highest BCUT2D eigenvalue weighted by atomic mass is 19.4. The molecule has 2 amide bonds. The summed E-state index contributed by atoms with van der Waals surface area (Å²) >= 11 is 0. The Morgan fingerprint density at radius 3 is 2.29 bits per heavy atom. The summed E-state index contributed by atoms with van der Waals surface area (Å²) in [6.45, 7) is 4.89. The molecule has 1 atom stereocenters. The smallest absolute Gasteiger partial charge is 0.416 e. The van der Waals surface area contributed by atoms with Crippen LogP contribution in [0.15, 0.2) is 35.5 Å². The van der Waals surface area contributed by atoms with E-state index in [9.17, 15) is 22.8 Å². The van der Waals surface area contributed by atoms with Crippen LogP contribution >= 0.6 is 0 Å². The number of hydrogen-bond acceptors (Lipinski definition) is 3. The second-order valence-corrected chi connectivity index (χ2v) is 5.64. The average molecular weight is 342 g/mol. The van der Waals surface area contributed by atoms with E-state index in [0.717, 1.165) is 12.1 Å². The molecule has 0 saturated carbocycles. The van der Waals surface area contributed by atoms with Crippen molar-refractivity contribution in [3.8, 4) is 0 Å². The van der Waals surface area contributed by atoms with Crippen LogP contribution in [-0.4, -0.2) is 18.1 Å². The van der Waals surface area contributed by atoms with E-state index in [2.05, 4.69) is 10.6 Å². The number of carbonyl (C=O) groups excluding carboxylic acids is 2. The predicted octanol–water partition coefficient (Wildman–Crippen LogP) is 3.28. The molecule has 2 rings (SSSR count). The maximum Gasteiger partial charge on any atom is 0.416 e. The third-order valence-corrected chi connectivity index (χ3v) is 3.40. The van der Waals surface area contributed by atoms with Crippen molar-refractivity contribution in [1.82, 2.24) is 10.6 Å². The first kappa shape index (κ1) is 17.8. The number of carbonyl (C=O) groups is 2. The third-order valence-electron chi connectivity index (χ3n) is 3.40. The Morgan fingerprint density at radius 1 is 1.21 bits per heavy atom. The summed E-state index contributed by atoms with van der Waals surface area (Å²) in [6, 6.07) is 2.85. The van der Waals surface area contributed by atoms with E-state index in [1.165, 1.54) is 19.1 Å². The first-order valence-electron chi connectivity index (χ1n) is 7.26. The van der Waals surface area contributed by atoms with Gasteiger partial charge in [-0.05, 0) is 38.5 Å². The number of nitrogens with one attached hydrogen (secondary N) is 2. The Labute approximate surface area is 136 Å². The molecule has 1 aromatic rings. The molecule has 0 fully saturated rings. The third kappa shape index (κ3) is 3.87. The Morgan fingerprint density at radius 2 is 1.79 bits per heavy atom. The number of halogens is 3. The van der Waals surface area contributed by atoms with Gasteiger partial charge in [0.25, 0.3) is 0 Å². The first-order valence-corrected chi connectivity index (χ1v) is 7.26. The average Bonchev–Trinajstić information content (AvgIpc) is 2.44. The van der Waals surface area contributed by atoms with Crippen molar-refractivity contribution in [2.24, 2.45) is 0 Å². The number of rotatable bonds is 3. The normalized spacial score (nSPS) is 18.3. The van der Waals surface area contributed by atoms with E-state index >= 15 is 0 Å². The zero-order chi connectivity index (χ0) is 18.1. The molecule has 0 spiro atoms. The predicted molar refractivity (Wildman–Crippen MR) is 79.8 cm³/mol. The van der Waals surface area contributed by atoms with E-state index in [0.29, 0.717) is 11.3 Å².